The lowest BCUT2D eigenvalue weighted by Crippen LogP contribution is -2.53. The third-order valence-corrected chi connectivity index (χ3v) is 8.87. The molecule has 0 unspecified atom stereocenters. The van der Waals surface area contributed by atoms with Crippen molar-refractivity contribution in [2.45, 2.75) is 49.6 Å². The van der Waals surface area contributed by atoms with Crippen LogP contribution in [0.2, 0.25) is 0 Å². The Morgan fingerprint density at radius 2 is 1.65 bits per heavy atom. The van der Waals surface area contributed by atoms with Crippen LogP contribution < -0.4 is 0 Å². The molecule has 0 radical (unpaired) electrons. The van der Waals surface area contributed by atoms with E-state index in [0.29, 0.717) is 11.4 Å². The van der Waals surface area contributed by atoms with Crippen LogP contribution in [-0.4, -0.2) is 80.6 Å². The molecule has 1 saturated heterocycles. The van der Waals surface area contributed by atoms with Gasteiger partial charge in [0, 0.05) is 51.6 Å². The molecule has 5 rings (SSSR count). The number of benzene rings is 2. The SMILES string of the molecule is CS(=O)(=O)c1cccc(-c2ccc3c(c2)CCN(CC(=O)N2CCN(C4CCCC4)CC2)C3)c1. The smallest absolute Gasteiger partial charge is 0.236 e. The number of carbonyl (C=O) groups excluding carboxylic acids is 1. The maximum absolute atomic E-state index is 13.0. The summed E-state index contributed by atoms with van der Waals surface area (Å²) in [7, 11) is -3.23. The number of rotatable bonds is 5. The fourth-order valence-electron chi connectivity index (χ4n) is 5.73. The molecule has 0 aromatic heterocycles. The summed E-state index contributed by atoms with van der Waals surface area (Å²) in [5.41, 5.74) is 4.50. The van der Waals surface area contributed by atoms with Gasteiger partial charge in [0.25, 0.3) is 0 Å². The molecule has 2 aromatic rings. The van der Waals surface area contributed by atoms with Gasteiger partial charge in [-0.1, -0.05) is 43.2 Å². The average Bonchev–Trinajstić information content (AvgIpc) is 3.38. The molecule has 2 heterocycles. The number of nitrogens with zero attached hydrogens (tertiary/aromatic N) is 3. The molecule has 0 bridgehead atoms. The van der Waals surface area contributed by atoms with E-state index >= 15 is 0 Å². The Bertz CT molecular complexity index is 1150. The summed E-state index contributed by atoms with van der Waals surface area (Å²) < 4.78 is 23.8. The Hall–Kier alpha value is -2.22. The van der Waals surface area contributed by atoms with Crippen LogP contribution in [0.5, 0.6) is 0 Å². The Labute approximate surface area is 203 Å². The lowest BCUT2D eigenvalue weighted by Gasteiger charge is -2.39. The maximum atomic E-state index is 13.0. The molecule has 0 spiro atoms. The van der Waals surface area contributed by atoms with Gasteiger partial charge < -0.3 is 4.90 Å². The van der Waals surface area contributed by atoms with Gasteiger partial charge >= 0.3 is 0 Å². The second-order valence-corrected chi connectivity index (χ2v) is 12.1. The molecule has 2 aliphatic heterocycles. The van der Waals surface area contributed by atoms with Crippen molar-refractivity contribution in [1.82, 2.24) is 14.7 Å². The van der Waals surface area contributed by atoms with Gasteiger partial charge in [-0.05, 0) is 53.6 Å². The highest BCUT2D eigenvalue weighted by atomic mass is 32.2. The number of hydrogen-bond acceptors (Lipinski definition) is 5. The van der Waals surface area contributed by atoms with E-state index in [0.717, 1.165) is 62.9 Å². The molecule has 6 nitrogen and oxygen atoms in total. The fraction of sp³-hybridized carbons (Fsp3) is 0.519. The van der Waals surface area contributed by atoms with Gasteiger partial charge in [-0.25, -0.2) is 8.42 Å². The highest BCUT2D eigenvalue weighted by Crippen LogP contribution is 2.28. The first-order valence-corrected chi connectivity index (χ1v) is 14.4. The first kappa shape index (κ1) is 23.5. The topological polar surface area (TPSA) is 60.9 Å². The van der Waals surface area contributed by atoms with Crippen molar-refractivity contribution in [1.29, 1.82) is 0 Å². The van der Waals surface area contributed by atoms with E-state index in [2.05, 4.69) is 32.9 Å². The van der Waals surface area contributed by atoms with E-state index in [1.165, 1.54) is 43.1 Å². The van der Waals surface area contributed by atoms with Crippen molar-refractivity contribution in [3.63, 3.8) is 0 Å². The molecule has 182 valence electrons. The first-order valence-electron chi connectivity index (χ1n) is 12.5. The van der Waals surface area contributed by atoms with Gasteiger partial charge in [0.15, 0.2) is 9.84 Å². The molecule has 34 heavy (non-hydrogen) atoms. The number of piperazine rings is 1. The van der Waals surface area contributed by atoms with E-state index < -0.39 is 9.84 Å². The predicted octanol–water partition coefficient (Wildman–Crippen LogP) is 3.20. The van der Waals surface area contributed by atoms with Crippen LogP contribution in [0.4, 0.5) is 0 Å². The van der Waals surface area contributed by atoms with Crippen molar-refractivity contribution in [3.8, 4) is 11.1 Å². The van der Waals surface area contributed by atoms with Gasteiger partial charge in [0.2, 0.25) is 5.91 Å². The minimum Gasteiger partial charge on any atom is -0.339 e. The van der Waals surface area contributed by atoms with Crippen LogP contribution in [0.1, 0.15) is 36.8 Å². The van der Waals surface area contributed by atoms with Crippen molar-refractivity contribution in [3.05, 3.63) is 53.6 Å². The van der Waals surface area contributed by atoms with Crippen molar-refractivity contribution in [2.75, 3.05) is 45.5 Å². The van der Waals surface area contributed by atoms with Gasteiger partial charge in [0.05, 0.1) is 11.4 Å². The molecule has 2 fully saturated rings. The summed E-state index contributed by atoms with van der Waals surface area (Å²) in [6.07, 6.45) is 7.50. The molecule has 0 atom stereocenters. The zero-order valence-electron chi connectivity index (χ0n) is 20.1. The van der Waals surface area contributed by atoms with Gasteiger partial charge in [-0.15, -0.1) is 0 Å². The Morgan fingerprint density at radius 3 is 2.38 bits per heavy atom. The Balaban J connectivity index is 1.18. The molecule has 3 aliphatic rings. The molecule has 1 saturated carbocycles. The standard InChI is InChI=1S/C27H35N3O3S/c1-34(32,33)26-8-4-5-21(18-26)22-9-10-24-19-28(12-11-23(24)17-22)20-27(31)30-15-13-29(14-16-30)25-6-2-3-7-25/h4-5,8-10,17-18,25H,2-3,6-7,11-16,19-20H2,1H3. The summed E-state index contributed by atoms with van der Waals surface area (Å²) in [6, 6.07) is 14.3. The highest BCUT2D eigenvalue weighted by Gasteiger charge is 2.29. The summed E-state index contributed by atoms with van der Waals surface area (Å²) >= 11 is 0. The number of carbonyl (C=O) groups is 1. The number of amides is 1. The first-order chi connectivity index (χ1) is 16.4. The minimum atomic E-state index is -3.23. The largest absolute Gasteiger partial charge is 0.339 e. The van der Waals surface area contributed by atoms with Gasteiger partial charge in [0.1, 0.15) is 0 Å². The lowest BCUT2D eigenvalue weighted by molar-refractivity contribution is -0.134. The minimum absolute atomic E-state index is 0.253. The van der Waals surface area contributed by atoms with E-state index in [4.69, 9.17) is 0 Å². The molecule has 7 heteroatoms. The van der Waals surface area contributed by atoms with Gasteiger partial charge in [-0.3, -0.25) is 14.6 Å². The van der Waals surface area contributed by atoms with Crippen molar-refractivity contribution < 1.29 is 13.2 Å². The zero-order chi connectivity index (χ0) is 23.7. The second kappa shape index (κ2) is 9.80. The van der Waals surface area contributed by atoms with E-state index in [-0.39, 0.29) is 5.91 Å². The number of hydrogen-bond donors (Lipinski definition) is 0. The Morgan fingerprint density at radius 1 is 0.912 bits per heavy atom. The van der Waals surface area contributed by atoms with Crippen LogP contribution in [0, 0.1) is 0 Å². The lowest BCUT2D eigenvalue weighted by atomic mass is 9.94. The fourth-order valence-corrected chi connectivity index (χ4v) is 6.40. The molecule has 2 aromatic carbocycles. The second-order valence-electron chi connectivity index (χ2n) is 10.1. The van der Waals surface area contributed by atoms with E-state index in [1.807, 2.05) is 6.07 Å². The maximum Gasteiger partial charge on any atom is 0.236 e. The number of fused-ring (bicyclic) bond motifs is 1. The average molecular weight is 482 g/mol. The molecular formula is C27H35N3O3S. The molecular weight excluding hydrogens is 446 g/mol. The van der Waals surface area contributed by atoms with Crippen LogP contribution in [0.25, 0.3) is 11.1 Å². The third kappa shape index (κ3) is 5.21. The third-order valence-electron chi connectivity index (χ3n) is 7.76. The molecule has 1 aliphatic carbocycles. The monoisotopic (exact) mass is 481 g/mol. The highest BCUT2D eigenvalue weighted by molar-refractivity contribution is 7.90. The summed E-state index contributed by atoms with van der Waals surface area (Å²) in [4.78, 5) is 20.2. The van der Waals surface area contributed by atoms with Crippen molar-refractivity contribution in [2.24, 2.45) is 0 Å². The van der Waals surface area contributed by atoms with Gasteiger partial charge in [-0.2, -0.15) is 0 Å². The summed E-state index contributed by atoms with van der Waals surface area (Å²) in [5.74, 6) is 0.253. The summed E-state index contributed by atoms with van der Waals surface area (Å²) in [5, 5.41) is 0. The van der Waals surface area contributed by atoms with Crippen LogP contribution >= 0.6 is 0 Å². The quantitative estimate of drug-likeness (QED) is 0.656. The zero-order valence-corrected chi connectivity index (χ0v) is 20.9. The summed E-state index contributed by atoms with van der Waals surface area (Å²) in [6.45, 7) is 5.89. The normalized spacial score (nSPS) is 20.4. The van der Waals surface area contributed by atoms with Crippen LogP contribution in [-0.2, 0) is 27.6 Å². The van der Waals surface area contributed by atoms with Crippen LogP contribution in [0.3, 0.4) is 0 Å². The molecule has 1 amide bonds. The van der Waals surface area contributed by atoms with E-state index in [1.54, 1.807) is 18.2 Å². The predicted molar refractivity (Wildman–Crippen MR) is 134 cm³/mol. The van der Waals surface area contributed by atoms with E-state index in [9.17, 15) is 13.2 Å². The van der Waals surface area contributed by atoms with Crippen LogP contribution in [0.15, 0.2) is 47.4 Å². The number of sulfone groups is 1. The van der Waals surface area contributed by atoms with Crippen molar-refractivity contribution >= 4 is 15.7 Å². The molecule has 0 N–H and O–H groups in total. The Kier molecular flexibility index (Phi) is 6.78.